The molecule has 0 spiro atoms. The van der Waals surface area contributed by atoms with E-state index in [0.29, 0.717) is 5.92 Å². The first kappa shape index (κ1) is 26.5. The second-order valence-electron chi connectivity index (χ2n) is 10.3. The largest absolute Gasteiger partial charge is 0.478 e. The van der Waals surface area contributed by atoms with Gasteiger partial charge in [-0.3, -0.25) is 24.6 Å². The Bertz CT molecular complexity index is 1200. The minimum absolute atomic E-state index is 0.203. The monoisotopic (exact) mass is 535 g/mol. The van der Waals surface area contributed by atoms with Gasteiger partial charge in [0.05, 0.1) is 17.4 Å². The van der Waals surface area contributed by atoms with Crippen LogP contribution in [-0.4, -0.2) is 95.5 Å². The topological polar surface area (TPSA) is 148 Å². The fourth-order valence-electron chi connectivity index (χ4n) is 5.37. The minimum atomic E-state index is -0.962. The van der Waals surface area contributed by atoms with Gasteiger partial charge in [-0.1, -0.05) is 0 Å². The first-order valence-electron chi connectivity index (χ1n) is 13.4. The number of carbonyl (C=O) groups is 4. The highest BCUT2D eigenvalue weighted by Gasteiger charge is 2.29. The van der Waals surface area contributed by atoms with E-state index in [1.165, 1.54) is 6.20 Å². The third-order valence-corrected chi connectivity index (χ3v) is 7.71. The number of pyridine rings is 2. The van der Waals surface area contributed by atoms with Crippen molar-refractivity contribution in [2.24, 2.45) is 5.92 Å². The lowest BCUT2D eigenvalue weighted by Crippen LogP contribution is -2.52. The van der Waals surface area contributed by atoms with E-state index in [4.69, 9.17) is 5.11 Å². The molecule has 5 rings (SSSR count). The van der Waals surface area contributed by atoms with E-state index in [2.05, 4.69) is 35.3 Å². The van der Waals surface area contributed by atoms with Crippen LogP contribution in [0.3, 0.4) is 0 Å². The van der Waals surface area contributed by atoms with Crippen LogP contribution in [0.5, 0.6) is 0 Å². The number of anilines is 2. The molecule has 0 aromatic carbocycles. The second kappa shape index (κ2) is 11.8. The lowest BCUT2D eigenvalue weighted by Gasteiger charge is -2.39. The van der Waals surface area contributed by atoms with Crippen molar-refractivity contribution in [3.05, 3.63) is 47.9 Å². The van der Waals surface area contributed by atoms with Gasteiger partial charge < -0.3 is 20.2 Å². The van der Waals surface area contributed by atoms with Crippen LogP contribution < -0.4 is 20.4 Å². The number of piperazine rings is 1. The van der Waals surface area contributed by atoms with Gasteiger partial charge in [0.2, 0.25) is 11.8 Å². The zero-order valence-electron chi connectivity index (χ0n) is 21.7. The number of carbonyl (C=O) groups excluding carboxylic acids is 3. The van der Waals surface area contributed by atoms with Gasteiger partial charge in [-0.2, -0.15) is 0 Å². The predicted octanol–water partition coefficient (Wildman–Crippen LogP) is 0.748. The summed E-state index contributed by atoms with van der Waals surface area (Å²) in [5, 5.41) is 13.9. The molecule has 3 fully saturated rings. The molecule has 0 bridgehead atoms. The molecule has 12 heteroatoms. The Labute approximate surface area is 226 Å². The first-order valence-corrected chi connectivity index (χ1v) is 13.4. The standard InChI is InChI=1S/C27H33N7O5/c35-24-6-4-22(26(37)31-24)30-25(36)21-3-2-20(16-28-21)33-13-11-32(12-14-33)17-18-7-9-34(10-8-18)23-5-1-19(15-29-23)27(38)39/h1-3,5,15-16,18,22H,4,6-14,17H2,(H,30,36)(H,38,39)(H,31,35,37). The molecule has 0 saturated carbocycles. The molecule has 0 aliphatic carbocycles. The van der Waals surface area contributed by atoms with Gasteiger partial charge in [0, 0.05) is 58.4 Å². The van der Waals surface area contributed by atoms with Crippen LogP contribution >= 0.6 is 0 Å². The van der Waals surface area contributed by atoms with E-state index >= 15 is 0 Å². The zero-order valence-corrected chi connectivity index (χ0v) is 21.7. The van der Waals surface area contributed by atoms with E-state index in [9.17, 15) is 19.2 Å². The van der Waals surface area contributed by atoms with Crippen molar-refractivity contribution in [3.8, 4) is 0 Å². The van der Waals surface area contributed by atoms with Gasteiger partial charge in [-0.15, -0.1) is 0 Å². The summed E-state index contributed by atoms with van der Waals surface area (Å²) >= 11 is 0. The molecule has 206 valence electrons. The number of aromatic carboxylic acids is 1. The number of aromatic nitrogens is 2. The Hall–Kier alpha value is -4.06. The zero-order chi connectivity index (χ0) is 27.4. The number of amides is 3. The van der Waals surface area contributed by atoms with E-state index in [1.807, 2.05) is 6.07 Å². The molecule has 3 N–H and O–H groups in total. The summed E-state index contributed by atoms with van der Waals surface area (Å²) in [6, 6.07) is 6.22. The van der Waals surface area contributed by atoms with Crippen LogP contribution in [0.4, 0.5) is 11.5 Å². The molecule has 2 aromatic heterocycles. The Morgan fingerprint density at radius 2 is 1.69 bits per heavy atom. The third kappa shape index (κ3) is 6.51. The number of imide groups is 1. The molecule has 3 aliphatic heterocycles. The lowest BCUT2D eigenvalue weighted by molar-refractivity contribution is -0.134. The average molecular weight is 536 g/mol. The number of carboxylic acids is 1. The molecule has 3 saturated heterocycles. The summed E-state index contributed by atoms with van der Waals surface area (Å²) in [5.74, 6) is -0.743. The first-order chi connectivity index (χ1) is 18.9. The number of piperidine rings is 2. The van der Waals surface area contributed by atoms with Crippen molar-refractivity contribution in [1.29, 1.82) is 0 Å². The molecule has 3 amide bonds. The smallest absolute Gasteiger partial charge is 0.337 e. The van der Waals surface area contributed by atoms with Crippen LogP contribution in [-0.2, 0) is 9.59 Å². The van der Waals surface area contributed by atoms with Crippen molar-refractivity contribution in [2.45, 2.75) is 31.7 Å². The Morgan fingerprint density at radius 1 is 0.923 bits per heavy atom. The fraction of sp³-hybridized carbons (Fsp3) is 0.481. The number of nitrogens with one attached hydrogen (secondary N) is 2. The van der Waals surface area contributed by atoms with Crippen molar-refractivity contribution in [3.63, 3.8) is 0 Å². The van der Waals surface area contributed by atoms with Crippen LogP contribution in [0, 0.1) is 5.92 Å². The number of nitrogens with zero attached hydrogens (tertiary/aromatic N) is 5. The Balaban J connectivity index is 1.04. The summed E-state index contributed by atoms with van der Waals surface area (Å²) < 4.78 is 0. The predicted molar refractivity (Wildman–Crippen MR) is 143 cm³/mol. The third-order valence-electron chi connectivity index (χ3n) is 7.71. The summed E-state index contributed by atoms with van der Waals surface area (Å²) in [6.07, 6.45) is 5.77. The summed E-state index contributed by atoms with van der Waals surface area (Å²) in [5.41, 5.74) is 1.40. The molecule has 39 heavy (non-hydrogen) atoms. The van der Waals surface area contributed by atoms with E-state index in [0.717, 1.165) is 70.2 Å². The molecule has 3 aliphatic rings. The molecule has 1 atom stereocenters. The Morgan fingerprint density at radius 3 is 2.31 bits per heavy atom. The molecule has 1 unspecified atom stereocenters. The van der Waals surface area contributed by atoms with Crippen molar-refractivity contribution in [1.82, 2.24) is 25.5 Å². The van der Waals surface area contributed by atoms with Crippen LogP contribution in [0.1, 0.15) is 46.5 Å². The highest BCUT2D eigenvalue weighted by atomic mass is 16.4. The summed E-state index contributed by atoms with van der Waals surface area (Å²) in [7, 11) is 0. The second-order valence-corrected chi connectivity index (χ2v) is 10.3. The van der Waals surface area contributed by atoms with Crippen molar-refractivity contribution >= 4 is 35.2 Å². The molecule has 5 heterocycles. The number of hydrogen-bond acceptors (Lipinski definition) is 9. The van der Waals surface area contributed by atoms with Gasteiger partial charge in [0.15, 0.2) is 0 Å². The highest BCUT2D eigenvalue weighted by Crippen LogP contribution is 2.24. The maximum Gasteiger partial charge on any atom is 0.337 e. The number of carboxylic acid groups (broad SMARTS) is 1. The summed E-state index contributed by atoms with van der Waals surface area (Å²) in [4.78, 5) is 62.4. The normalized spacial score (nSPS) is 21.0. The maximum absolute atomic E-state index is 12.5. The van der Waals surface area contributed by atoms with E-state index < -0.39 is 23.8 Å². The highest BCUT2D eigenvalue weighted by molar-refractivity contribution is 6.03. The van der Waals surface area contributed by atoms with Gasteiger partial charge in [-0.25, -0.2) is 14.8 Å². The van der Waals surface area contributed by atoms with Crippen molar-refractivity contribution < 1.29 is 24.3 Å². The maximum atomic E-state index is 12.5. The van der Waals surface area contributed by atoms with Gasteiger partial charge in [0.25, 0.3) is 5.91 Å². The molecular formula is C27H33N7O5. The summed E-state index contributed by atoms with van der Waals surface area (Å²) in [6.45, 7) is 6.56. The van der Waals surface area contributed by atoms with E-state index in [-0.39, 0.29) is 30.0 Å². The fourth-order valence-corrected chi connectivity index (χ4v) is 5.37. The Kier molecular flexibility index (Phi) is 8.01. The molecule has 0 radical (unpaired) electrons. The number of rotatable bonds is 7. The average Bonchev–Trinajstić information content (AvgIpc) is 2.95. The minimum Gasteiger partial charge on any atom is -0.478 e. The molecule has 2 aromatic rings. The van der Waals surface area contributed by atoms with E-state index in [1.54, 1.807) is 24.4 Å². The quantitative estimate of drug-likeness (QED) is 0.434. The van der Waals surface area contributed by atoms with Crippen LogP contribution in [0.15, 0.2) is 36.7 Å². The van der Waals surface area contributed by atoms with Gasteiger partial charge >= 0.3 is 5.97 Å². The molecular weight excluding hydrogens is 502 g/mol. The van der Waals surface area contributed by atoms with Crippen LogP contribution in [0.25, 0.3) is 0 Å². The molecule has 12 nitrogen and oxygen atoms in total. The van der Waals surface area contributed by atoms with Gasteiger partial charge in [-0.05, 0) is 49.4 Å². The van der Waals surface area contributed by atoms with Crippen LogP contribution in [0.2, 0.25) is 0 Å². The van der Waals surface area contributed by atoms with Gasteiger partial charge in [0.1, 0.15) is 17.6 Å². The lowest BCUT2D eigenvalue weighted by atomic mass is 9.96. The number of hydrogen-bond donors (Lipinski definition) is 3. The SMILES string of the molecule is O=C1CCC(NC(=O)c2ccc(N3CCN(CC4CCN(c5ccc(C(=O)O)cn5)CC4)CC3)cn2)C(=O)N1. The van der Waals surface area contributed by atoms with Crippen molar-refractivity contribution in [2.75, 3.05) is 55.6 Å².